The highest BCUT2D eigenvalue weighted by atomic mass is 79.9. The summed E-state index contributed by atoms with van der Waals surface area (Å²) in [6.07, 6.45) is 5.54. The third kappa shape index (κ3) is 3.86. The number of nitrogens with two attached hydrogens (primary N) is 1. The summed E-state index contributed by atoms with van der Waals surface area (Å²) >= 11 is 3.69. The molecule has 0 bridgehead atoms. The van der Waals surface area contributed by atoms with Gasteiger partial charge < -0.3 is 5.73 Å². The SMILES string of the molecule is NCc1ccc(CN2CCC(N3CCCCC3)C2)c(Br)c1. The van der Waals surface area contributed by atoms with Crippen LogP contribution >= 0.6 is 15.9 Å². The van der Waals surface area contributed by atoms with Gasteiger partial charge in [0.1, 0.15) is 0 Å². The van der Waals surface area contributed by atoms with Crippen LogP contribution in [0.15, 0.2) is 22.7 Å². The van der Waals surface area contributed by atoms with Crippen molar-refractivity contribution in [2.75, 3.05) is 26.2 Å². The van der Waals surface area contributed by atoms with Gasteiger partial charge in [0.15, 0.2) is 0 Å². The van der Waals surface area contributed by atoms with Crippen molar-refractivity contribution in [2.45, 2.75) is 44.8 Å². The number of likely N-dealkylation sites (tertiary alicyclic amines) is 2. The molecule has 0 spiro atoms. The van der Waals surface area contributed by atoms with Crippen LogP contribution < -0.4 is 5.73 Å². The summed E-state index contributed by atoms with van der Waals surface area (Å²) in [5.74, 6) is 0. The lowest BCUT2D eigenvalue weighted by atomic mass is 10.1. The Hall–Kier alpha value is -0.420. The van der Waals surface area contributed by atoms with Crippen molar-refractivity contribution < 1.29 is 0 Å². The van der Waals surface area contributed by atoms with Gasteiger partial charge in [0.05, 0.1) is 0 Å². The highest BCUT2D eigenvalue weighted by molar-refractivity contribution is 9.10. The molecule has 2 aliphatic heterocycles. The Balaban J connectivity index is 1.56. The normalized spacial score (nSPS) is 24.6. The Morgan fingerprint density at radius 1 is 1.14 bits per heavy atom. The zero-order valence-corrected chi connectivity index (χ0v) is 14.3. The molecule has 0 saturated carbocycles. The maximum absolute atomic E-state index is 5.70. The number of hydrogen-bond acceptors (Lipinski definition) is 3. The van der Waals surface area contributed by atoms with Gasteiger partial charge in [-0.05, 0) is 49.5 Å². The highest BCUT2D eigenvalue weighted by Gasteiger charge is 2.28. The Bertz CT molecular complexity index is 471. The van der Waals surface area contributed by atoms with Crippen LogP contribution in [0.3, 0.4) is 0 Å². The van der Waals surface area contributed by atoms with E-state index < -0.39 is 0 Å². The molecule has 116 valence electrons. The fraction of sp³-hybridized carbons (Fsp3) is 0.647. The number of halogens is 1. The molecule has 2 heterocycles. The lowest BCUT2D eigenvalue weighted by Crippen LogP contribution is -2.40. The van der Waals surface area contributed by atoms with Crippen molar-refractivity contribution >= 4 is 15.9 Å². The van der Waals surface area contributed by atoms with E-state index >= 15 is 0 Å². The summed E-state index contributed by atoms with van der Waals surface area (Å²) in [5, 5.41) is 0. The van der Waals surface area contributed by atoms with Gasteiger partial charge in [0.25, 0.3) is 0 Å². The molecule has 1 aromatic carbocycles. The molecule has 3 nitrogen and oxygen atoms in total. The molecule has 1 unspecified atom stereocenters. The highest BCUT2D eigenvalue weighted by Crippen LogP contribution is 2.25. The predicted octanol–water partition coefficient (Wildman–Crippen LogP) is 2.97. The van der Waals surface area contributed by atoms with Crippen LogP contribution in [0.25, 0.3) is 0 Å². The number of nitrogens with zero attached hydrogens (tertiary/aromatic N) is 2. The first-order chi connectivity index (χ1) is 10.3. The molecule has 2 saturated heterocycles. The molecule has 21 heavy (non-hydrogen) atoms. The molecule has 1 atom stereocenters. The number of benzene rings is 1. The van der Waals surface area contributed by atoms with Crippen LogP contribution in [-0.2, 0) is 13.1 Å². The lowest BCUT2D eigenvalue weighted by molar-refractivity contribution is 0.161. The summed E-state index contributed by atoms with van der Waals surface area (Å²) < 4.78 is 1.20. The van der Waals surface area contributed by atoms with Gasteiger partial charge in [-0.25, -0.2) is 0 Å². The minimum atomic E-state index is 0.611. The van der Waals surface area contributed by atoms with Crippen molar-refractivity contribution in [3.63, 3.8) is 0 Å². The third-order valence-electron chi connectivity index (χ3n) is 4.90. The maximum Gasteiger partial charge on any atom is 0.0245 e. The number of hydrogen-bond donors (Lipinski definition) is 1. The van der Waals surface area contributed by atoms with Crippen molar-refractivity contribution in [1.82, 2.24) is 9.80 Å². The molecule has 0 aliphatic carbocycles. The largest absolute Gasteiger partial charge is 0.326 e. The van der Waals surface area contributed by atoms with Crippen molar-refractivity contribution in [2.24, 2.45) is 5.73 Å². The first-order valence-corrected chi connectivity index (χ1v) is 8.99. The van der Waals surface area contributed by atoms with Gasteiger partial charge >= 0.3 is 0 Å². The summed E-state index contributed by atoms with van der Waals surface area (Å²) in [5.41, 5.74) is 8.27. The molecule has 0 aromatic heterocycles. The van der Waals surface area contributed by atoms with Gasteiger partial charge in [-0.3, -0.25) is 9.80 Å². The average Bonchev–Trinajstić information content (AvgIpc) is 2.99. The predicted molar refractivity (Wildman–Crippen MR) is 91.1 cm³/mol. The quantitative estimate of drug-likeness (QED) is 0.904. The van der Waals surface area contributed by atoms with E-state index in [9.17, 15) is 0 Å². The first-order valence-electron chi connectivity index (χ1n) is 8.20. The second kappa shape index (κ2) is 7.23. The smallest absolute Gasteiger partial charge is 0.0245 e. The standard InChI is InChI=1S/C17H26BrN3/c18-17-10-14(11-19)4-5-15(17)12-20-9-6-16(13-20)21-7-2-1-3-8-21/h4-5,10,16H,1-3,6-9,11-13,19H2. The molecule has 3 rings (SSSR count). The fourth-order valence-corrected chi connectivity index (χ4v) is 4.18. The third-order valence-corrected chi connectivity index (χ3v) is 5.64. The van der Waals surface area contributed by atoms with Crippen LogP contribution in [0.2, 0.25) is 0 Å². The van der Waals surface area contributed by atoms with Crippen LogP contribution in [0.5, 0.6) is 0 Å². The van der Waals surface area contributed by atoms with Crippen LogP contribution in [0, 0.1) is 0 Å². The first kappa shape index (κ1) is 15.5. The number of rotatable bonds is 4. The van der Waals surface area contributed by atoms with E-state index in [-0.39, 0.29) is 0 Å². The molecule has 0 amide bonds. The van der Waals surface area contributed by atoms with Crippen LogP contribution in [-0.4, -0.2) is 42.0 Å². The fourth-order valence-electron chi connectivity index (χ4n) is 3.62. The van der Waals surface area contributed by atoms with E-state index in [2.05, 4.69) is 43.9 Å². The minimum absolute atomic E-state index is 0.611. The van der Waals surface area contributed by atoms with Crippen LogP contribution in [0.4, 0.5) is 0 Å². The van der Waals surface area contributed by atoms with Gasteiger partial charge in [0.2, 0.25) is 0 Å². The Morgan fingerprint density at radius 3 is 2.67 bits per heavy atom. The second-order valence-corrected chi connectivity index (χ2v) is 7.26. The molecule has 0 radical (unpaired) electrons. The maximum atomic E-state index is 5.70. The van der Waals surface area contributed by atoms with E-state index in [1.807, 2.05) is 0 Å². The van der Waals surface area contributed by atoms with E-state index in [0.717, 1.165) is 12.6 Å². The molecule has 2 aliphatic rings. The van der Waals surface area contributed by atoms with Crippen LogP contribution in [0.1, 0.15) is 36.8 Å². The average molecular weight is 352 g/mol. The van der Waals surface area contributed by atoms with Gasteiger partial charge in [-0.15, -0.1) is 0 Å². The molecule has 2 N–H and O–H groups in total. The minimum Gasteiger partial charge on any atom is -0.326 e. The summed E-state index contributed by atoms with van der Waals surface area (Å²) in [7, 11) is 0. The summed E-state index contributed by atoms with van der Waals surface area (Å²) in [6.45, 7) is 6.74. The Morgan fingerprint density at radius 2 is 1.95 bits per heavy atom. The van der Waals surface area contributed by atoms with Gasteiger partial charge in [-0.1, -0.05) is 34.5 Å². The Labute approximate surface area is 136 Å². The van der Waals surface area contributed by atoms with Crippen molar-refractivity contribution in [3.05, 3.63) is 33.8 Å². The zero-order valence-electron chi connectivity index (χ0n) is 12.7. The topological polar surface area (TPSA) is 32.5 Å². The van der Waals surface area contributed by atoms with E-state index in [4.69, 9.17) is 5.73 Å². The van der Waals surface area contributed by atoms with E-state index in [1.165, 1.54) is 67.5 Å². The number of piperidine rings is 1. The Kier molecular flexibility index (Phi) is 5.33. The lowest BCUT2D eigenvalue weighted by Gasteiger charge is -2.32. The molecular weight excluding hydrogens is 326 g/mol. The van der Waals surface area contributed by atoms with Gasteiger partial charge in [-0.2, -0.15) is 0 Å². The summed E-state index contributed by atoms with van der Waals surface area (Å²) in [6, 6.07) is 7.32. The molecule has 4 heteroatoms. The van der Waals surface area contributed by atoms with Crippen molar-refractivity contribution in [3.8, 4) is 0 Å². The summed E-state index contributed by atoms with van der Waals surface area (Å²) in [4.78, 5) is 5.32. The molecular formula is C17H26BrN3. The second-order valence-electron chi connectivity index (χ2n) is 6.40. The zero-order chi connectivity index (χ0) is 14.7. The van der Waals surface area contributed by atoms with Gasteiger partial charge in [0, 0.05) is 36.7 Å². The van der Waals surface area contributed by atoms with E-state index in [1.54, 1.807) is 0 Å². The molecule has 2 fully saturated rings. The van der Waals surface area contributed by atoms with Crippen molar-refractivity contribution in [1.29, 1.82) is 0 Å². The monoisotopic (exact) mass is 351 g/mol. The molecule has 1 aromatic rings. The van der Waals surface area contributed by atoms with E-state index in [0.29, 0.717) is 6.54 Å².